The number of aromatic nitrogens is 1. The van der Waals surface area contributed by atoms with Crippen LogP contribution in [0.15, 0.2) is 12.1 Å². The summed E-state index contributed by atoms with van der Waals surface area (Å²) < 4.78 is 5.23. The maximum atomic E-state index is 11.0. The van der Waals surface area contributed by atoms with Gasteiger partial charge in [-0.05, 0) is 34.7 Å². The third-order valence-corrected chi connectivity index (χ3v) is 2.27. The number of hydrogen-bond acceptors (Lipinski definition) is 3. The van der Waals surface area contributed by atoms with Crippen molar-refractivity contribution < 1.29 is 9.53 Å². The van der Waals surface area contributed by atoms with Crippen LogP contribution in [0.2, 0.25) is 5.15 Å². The number of hydrogen-bond donors (Lipinski definition) is 0. The van der Waals surface area contributed by atoms with Crippen LogP contribution in [0, 0.1) is 3.57 Å². The van der Waals surface area contributed by atoms with E-state index in [1.54, 1.807) is 12.1 Å². The van der Waals surface area contributed by atoms with Crippen LogP contribution in [0.5, 0.6) is 0 Å². The van der Waals surface area contributed by atoms with Crippen molar-refractivity contribution in [2.24, 2.45) is 0 Å². The summed E-state index contributed by atoms with van der Waals surface area (Å²) in [6.07, 6.45) is 0. The highest BCUT2D eigenvalue weighted by atomic mass is 127. The Kier molecular flexibility index (Phi) is 3.28. The summed E-state index contributed by atoms with van der Waals surface area (Å²) in [6, 6.07) is 3.33. The van der Waals surface area contributed by atoms with Crippen molar-refractivity contribution in [1.29, 1.82) is 0 Å². The molecule has 64 valence electrons. The minimum absolute atomic E-state index is 0.255. The van der Waals surface area contributed by atoms with E-state index in [4.69, 9.17) is 11.6 Å². The second-order valence-electron chi connectivity index (χ2n) is 1.96. The minimum Gasteiger partial charge on any atom is -0.464 e. The number of carbonyl (C=O) groups is 1. The molecule has 12 heavy (non-hydrogen) atoms. The number of rotatable bonds is 1. The van der Waals surface area contributed by atoms with Crippen LogP contribution in [0.3, 0.4) is 0 Å². The normalized spacial score (nSPS) is 9.58. The Morgan fingerprint density at radius 2 is 2.33 bits per heavy atom. The SMILES string of the molecule is COC(=O)c1nc(Cl)ccc1I. The van der Waals surface area contributed by atoms with Crippen molar-refractivity contribution in [3.63, 3.8) is 0 Å². The highest BCUT2D eigenvalue weighted by molar-refractivity contribution is 14.1. The Morgan fingerprint density at radius 1 is 1.67 bits per heavy atom. The number of carbonyl (C=O) groups excluding carboxylic acids is 1. The molecule has 1 aromatic rings. The lowest BCUT2D eigenvalue weighted by atomic mass is 10.3. The van der Waals surface area contributed by atoms with E-state index in [1.165, 1.54) is 7.11 Å². The van der Waals surface area contributed by atoms with Crippen molar-refractivity contribution in [2.45, 2.75) is 0 Å². The van der Waals surface area contributed by atoms with Gasteiger partial charge in [0.2, 0.25) is 0 Å². The highest BCUT2D eigenvalue weighted by Gasteiger charge is 2.11. The third kappa shape index (κ3) is 2.07. The molecule has 0 unspecified atom stereocenters. The Bertz CT molecular complexity index is 316. The summed E-state index contributed by atoms with van der Waals surface area (Å²) in [6.45, 7) is 0. The third-order valence-electron chi connectivity index (χ3n) is 1.19. The fourth-order valence-corrected chi connectivity index (χ4v) is 1.33. The molecule has 0 aliphatic rings. The molecule has 0 N–H and O–H groups in total. The van der Waals surface area contributed by atoms with Gasteiger partial charge in [0.25, 0.3) is 0 Å². The van der Waals surface area contributed by atoms with Gasteiger partial charge < -0.3 is 4.74 Å². The largest absolute Gasteiger partial charge is 0.464 e. The van der Waals surface area contributed by atoms with Gasteiger partial charge in [0, 0.05) is 3.57 Å². The molecule has 1 heterocycles. The summed E-state index contributed by atoms with van der Waals surface area (Å²) in [4.78, 5) is 14.9. The number of esters is 1. The van der Waals surface area contributed by atoms with Gasteiger partial charge in [0.05, 0.1) is 7.11 Å². The molecular formula is C7H5ClINO2. The van der Waals surface area contributed by atoms with E-state index < -0.39 is 5.97 Å². The number of halogens is 2. The molecule has 0 saturated heterocycles. The molecule has 0 amide bonds. The monoisotopic (exact) mass is 297 g/mol. The average molecular weight is 297 g/mol. The summed E-state index contributed by atoms with van der Waals surface area (Å²) in [5.41, 5.74) is 0.255. The van der Waals surface area contributed by atoms with Crippen molar-refractivity contribution in [3.8, 4) is 0 Å². The van der Waals surface area contributed by atoms with Crippen LogP contribution in [0.25, 0.3) is 0 Å². The number of ether oxygens (including phenoxy) is 1. The quantitative estimate of drug-likeness (QED) is 0.453. The van der Waals surface area contributed by atoms with Gasteiger partial charge >= 0.3 is 5.97 Å². The molecule has 3 nitrogen and oxygen atoms in total. The first kappa shape index (κ1) is 9.73. The Balaban J connectivity index is 3.13. The van der Waals surface area contributed by atoms with Crippen LogP contribution in [-0.2, 0) is 4.74 Å². The van der Waals surface area contributed by atoms with Crippen molar-refractivity contribution in [3.05, 3.63) is 26.5 Å². The summed E-state index contributed by atoms with van der Waals surface area (Å²) in [5.74, 6) is -0.470. The maximum Gasteiger partial charge on any atom is 0.357 e. The minimum atomic E-state index is -0.470. The van der Waals surface area contributed by atoms with Gasteiger partial charge in [-0.15, -0.1) is 0 Å². The van der Waals surface area contributed by atoms with Gasteiger partial charge in [-0.3, -0.25) is 0 Å². The van der Waals surface area contributed by atoms with Crippen LogP contribution < -0.4 is 0 Å². The first-order valence-corrected chi connectivity index (χ1v) is 4.51. The highest BCUT2D eigenvalue weighted by Crippen LogP contribution is 2.14. The van der Waals surface area contributed by atoms with E-state index in [-0.39, 0.29) is 10.8 Å². The van der Waals surface area contributed by atoms with E-state index in [9.17, 15) is 4.79 Å². The molecule has 0 spiro atoms. The fourth-order valence-electron chi connectivity index (χ4n) is 0.658. The molecule has 0 aromatic carbocycles. The fraction of sp³-hybridized carbons (Fsp3) is 0.143. The molecule has 0 radical (unpaired) electrons. The summed E-state index contributed by atoms with van der Waals surface area (Å²) in [5, 5.41) is 0.288. The van der Waals surface area contributed by atoms with Gasteiger partial charge in [-0.25, -0.2) is 9.78 Å². The van der Waals surface area contributed by atoms with Crippen LogP contribution >= 0.6 is 34.2 Å². The van der Waals surface area contributed by atoms with Gasteiger partial charge in [-0.1, -0.05) is 11.6 Å². The first-order valence-electron chi connectivity index (χ1n) is 3.05. The molecule has 0 saturated carbocycles. The molecule has 1 rings (SSSR count). The number of pyridine rings is 1. The molecule has 5 heteroatoms. The Hall–Kier alpha value is -0.360. The van der Waals surface area contributed by atoms with Crippen molar-refractivity contribution in [1.82, 2.24) is 4.98 Å². The zero-order valence-electron chi connectivity index (χ0n) is 6.17. The maximum absolute atomic E-state index is 11.0. The van der Waals surface area contributed by atoms with Crippen LogP contribution in [-0.4, -0.2) is 18.1 Å². The molecule has 0 aliphatic carbocycles. The van der Waals surface area contributed by atoms with E-state index in [0.717, 1.165) is 3.57 Å². The average Bonchev–Trinajstić information content (AvgIpc) is 2.08. The zero-order chi connectivity index (χ0) is 9.14. The van der Waals surface area contributed by atoms with Crippen LogP contribution in [0.4, 0.5) is 0 Å². The van der Waals surface area contributed by atoms with Crippen molar-refractivity contribution in [2.75, 3.05) is 7.11 Å². The topological polar surface area (TPSA) is 39.2 Å². The summed E-state index contributed by atoms with van der Waals surface area (Å²) >= 11 is 7.59. The lowest BCUT2D eigenvalue weighted by molar-refractivity contribution is 0.0592. The summed E-state index contributed by atoms with van der Waals surface area (Å²) in [7, 11) is 1.31. The predicted molar refractivity (Wildman–Crippen MR) is 53.3 cm³/mol. The molecule has 0 fully saturated rings. The second-order valence-corrected chi connectivity index (χ2v) is 3.51. The second kappa shape index (κ2) is 4.04. The Morgan fingerprint density at radius 3 is 2.92 bits per heavy atom. The van der Waals surface area contributed by atoms with Gasteiger partial charge in [0.1, 0.15) is 5.15 Å². The van der Waals surface area contributed by atoms with E-state index in [1.807, 2.05) is 22.6 Å². The van der Waals surface area contributed by atoms with Gasteiger partial charge in [0.15, 0.2) is 5.69 Å². The molecular weight excluding hydrogens is 292 g/mol. The predicted octanol–water partition coefficient (Wildman–Crippen LogP) is 2.13. The van der Waals surface area contributed by atoms with E-state index in [0.29, 0.717) is 0 Å². The van der Waals surface area contributed by atoms with Crippen LogP contribution in [0.1, 0.15) is 10.5 Å². The number of methoxy groups -OCH3 is 1. The molecule has 0 atom stereocenters. The van der Waals surface area contributed by atoms with Gasteiger partial charge in [-0.2, -0.15) is 0 Å². The first-order chi connectivity index (χ1) is 5.65. The number of nitrogens with zero attached hydrogens (tertiary/aromatic N) is 1. The standard InChI is InChI=1S/C7H5ClINO2/c1-12-7(11)6-4(9)2-3-5(8)10-6/h2-3H,1H3. The lowest BCUT2D eigenvalue weighted by Crippen LogP contribution is -2.06. The molecule has 1 aromatic heterocycles. The Labute approximate surface area is 88.2 Å². The smallest absolute Gasteiger partial charge is 0.357 e. The molecule has 0 aliphatic heterocycles. The zero-order valence-corrected chi connectivity index (χ0v) is 9.09. The lowest BCUT2D eigenvalue weighted by Gasteiger charge is -2.00. The van der Waals surface area contributed by atoms with E-state index >= 15 is 0 Å². The molecule has 0 bridgehead atoms. The van der Waals surface area contributed by atoms with Crippen molar-refractivity contribution >= 4 is 40.2 Å². The van der Waals surface area contributed by atoms with E-state index in [2.05, 4.69) is 9.72 Å².